The average Bonchev–Trinajstić information content (AvgIpc) is 3.29. The predicted molar refractivity (Wildman–Crippen MR) is 133 cm³/mol. The molecule has 0 bridgehead atoms. The molecular formula is C28H33N3O4. The number of nitrogens with zero attached hydrogens (tertiary/aromatic N) is 3. The largest absolute Gasteiger partial charge is 0.481 e. The highest BCUT2D eigenvalue weighted by Gasteiger charge is 2.32. The summed E-state index contributed by atoms with van der Waals surface area (Å²) in [5, 5.41) is 9.48. The van der Waals surface area contributed by atoms with E-state index in [4.69, 9.17) is 9.72 Å². The predicted octanol–water partition coefficient (Wildman–Crippen LogP) is 5.32. The minimum Gasteiger partial charge on any atom is -0.481 e. The smallest absolute Gasteiger partial charge is 0.409 e. The number of amides is 1. The number of ether oxygens (including phenoxy) is 1. The molecule has 7 nitrogen and oxygen atoms in total. The number of methoxy groups -OCH3 is 1. The first-order chi connectivity index (χ1) is 17.0. The van der Waals surface area contributed by atoms with Crippen LogP contribution >= 0.6 is 0 Å². The van der Waals surface area contributed by atoms with Gasteiger partial charge in [0.15, 0.2) is 0 Å². The summed E-state index contributed by atoms with van der Waals surface area (Å²) in [6.07, 6.45) is 4.39. The lowest BCUT2D eigenvalue weighted by Gasteiger charge is -2.28. The van der Waals surface area contributed by atoms with Crippen LogP contribution in [0.3, 0.4) is 0 Å². The van der Waals surface area contributed by atoms with Crippen molar-refractivity contribution >= 4 is 23.1 Å². The zero-order valence-corrected chi connectivity index (χ0v) is 20.4. The zero-order valence-electron chi connectivity index (χ0n) is 20.4. The Morgan fingerprint density at radius 1 is 1.11 bits per heavy atom. The number of carbonyl (C=O) groups excluding carboxylic acids is 1. The number of fused-ring (bicyclic) bond motifs is 3. The number of rotatable bonds is 5. The highest BCUT2D eigenvalue weighted by molar-refractivity contribution is 5.82. The third kappa shape index (κ3) is 4.51. The molecule has 1 aromatic heterocycles. The number of aliphatic carboxylic acids is 1. The molecule has 2 heterocycles. The van der Waals surface area contributed by atoms with Crippen molar-refractivity contribution in [3.63, 3.8) is 0 Å². The Bertz CT molecular complexity index is 1230. The fourth-order valence-electron chi connectivity index (χ4n) is 5.89. The van der Waals surface area contributed by atoms with Crippen LogP contribution in [-0.2, 0) is 28.9 Å². The summed E-state index contributed by atoms with van der Waals surface area (Å²) in [5.41, 5.74) is 5.67. The van der Waals surface area contributed by atoms with Gasteiger partial charge in [-0.3, -0.25) is 4.79 Å². The van der Waals surface area contributed by atoms with E-state index in [-0.39, 0.29) is 24.0 Å². The minimum atomic E-state index is -0.689. The van der Waals surface area contributed by atoms with Gasteiger partial charge in [0.25, 0.3) is 0 Å². The molecule has 2 aliphatic rings. The number of carbonyl (C=O) groups is 2. The van der Waals surface area contributed by atoms with E-state index in [2.05, 4.69) is 47.9 Å². The van der Waals surface area contributed by atoms with Crippen molar-refractivity contribution in [2.75, 3.05) is 13.7 Å². The Balaban J connectivity index is 1.56. The van der Waals surface area contributed by atoms with Crippen LogP contribution in [0.25, 0.3) is 11.0 Å². The van der Waals surface area contributed by atoms with Crippen molar-refractivity contribution in [3.05, 3.63) is 65.0 Å². The lowest BCUT2D eigenvalue weighted by Crippen LogP contribution is -2.35. The fraction of sp³-hybridized carbons (Fsp3) is 0.464. The van der Waals surface area contributed by atoms with Crippen LogP contribution in [0, 0.1) is 5.92 Å². The van der Waals surface area contributed by atoms with Crippen LogP contribution in [0.2, 0.25) is 0 Å². The second-order valence-corrected chi connectivity index (χ2v) is 9.98. The standard InChI is InChI=1S/C28H33N3O4/c1-18(16-19-6-4-3-5-7-19)31-24-13-12-20-14-15-30(28(34)35-2)17-23(20)25(24)29-26(31)21-8-10-22(11-9-21)27(32)33/h3-7,12-13,18,21-22H,8-11,14-17H2,1-2H3,(H,32,33)/t18-,21-,22-/m0/s1. The normalized spacial score (nSPS) is 20.9. The summed E-state index contributed by atoms with van der Waals surface area (Å²) in [6, 6.07) is 15.0. The van der Waals surface area contributed by atoms with Gasteiger partial charge >= 0.3 is 12.1 Å². The van der Waals surface area contributed by atoms with Crippen molar-refractivity contribution < 1.29 is 19.4 Å². The first-order valence-corrected chi connectivity index (χ1v) is 12.6. The van der Waals surface area contributed by atoms with Gasteiger partial charge in [0.05, 0.1) is 30.6 Å². The molecular weight excluding hydrogens is 442 g/mol. The second kappa shape index (κ2) is 9.72. The number of imidazole rings is 1. The van der Waals surface area contributed by atoms with E-state index in [1.807, 2.05) is 6.07 Å². The number of hydrogen-bond acceptors (Lipinski definition) is 4. The van der Waals surface area contributed by atoms with Crippen LogP contribution in [0.15, 0.2) is 42.5 Å². The molecule has 184 valence electrons. The Kier molecular flexibility index (Phi) is 6.50. The summed E-state index contributed by atoms with van der Waals surface area (Å²) in [5.74, 6) is 0.335. The van der Waals surface area contributed by atoms with Crippen molar-refractivity contribution in [1.29, 1.82) is 0 Å². The van der Waals surface area contributed by atoms with E-state index in [0.717, 1.165) is 48.1 Å². The summed E-state index contributed by atoms with van der Waals surface area (Å²) in [7, 11) is 1.42. The Morgan fingerprint density at radius 2 is 1.86 bits per heavy atom. The molecule has 1 aliphatic carbocycles. The van der Waals surface area contributed by atoms with Gasteiger partial charge in [-0.1, -0.05) is 36.4 Å². The Labute approximate surface area is 205 Å². The lowest BCUT2D eigenvalue weighted by molar-refractivity contribution is -0.142. The minimum absolute atomic E-state index is 0.188. The number of hydrogen-bond donors (Lipinski definition) is 1. The number of aromatic nitrogens is 2. The summed E-state index contributed by atoms with van der Waals surface area (Å²) in [4.78, 5) is 30.8. The molecule has 1 fully saturated rings. The third-order valence-electron chi connectivity index (χ3n) is 7.78. The molecule has 0 saturated heterocycles. The van der Waals surface area contributed by atoms with Crippen LogP contribution in [0.4, 0.5) is 4.79 Å². The molecule has 1 amide bonds. The molecule has 1 N–H and O–H groups in total. The maximum absolute atomic E-state index is 12.3. The number of carboxylic acids is 1. The van der Waals surface area contributed by atoms with Gasteiger partial charge < -0.3 is 19.3 Å². The van der Waals surface area contributed by atoms with Crippen LogP contribution in [0.1, 0.15) is 67.1 Å². The van der Waals surface area contributed by atoms with Gasteiger partial charge in [0, 0.05) is 24.1 Å². The SMILES string of the molecule is COC(=O)N1CCc2ccc3c(nc([C@H]4CC[C@H](C(=O)O)CC4)n3[C@@H](C)Cc3ccccc3)c2C1. The highest BCUT2D eigenvalue weighted by Crippen LogP contribution is 2.40. The van der Waals surface area contributed by atoms with Gasteiger partial charge in [-0.15, -0.1) is 0 Å². The first-order valence-electron chi connectivity index (χ1n) is 12.6. The molecule has 3 aromatic rings. The summed E-state index contributed by atoms with van der Waals surface area (Å²) >= 11 is 0. The summed E-state index contributed by atoms with van der Waals surface area (Å²) < 4.78 is 7.37. The van der Waals surface area contributed by atoms with Crippen LogP contribution in [0.5, 0.6) is 0 Å². The van der Waals surface area contributed by atoms with Crippen LogP contribution < -0.4 is 0 Å². The highest BCUT2D eigenvalue weighted by atomic mass is 16.5. The van der Waals surface area contributed by atoms with Gasteiger partial charge in [0.2, 0.25) is 0 Å². The molecule has 0 spiro atoms. The lowest BCUT2D eigenvalue weighted by atomic mass is 9.81. The van der Waals surface area contributed by atoms with E-state index in [0.29, 0.717) is 25.9 Å². The van der Waals surface area contributed by atoms with Crippen LogP contribution in [-0.4, -0.2) is 45.3 Å². The van der Waals surface area contributed by atoms with Gasteiger partial charge in [-0.25, -0.2) is 9.78 Å². The van der Waals surface area contributed by atoms with E-state index >= 15 is 0 Å². The van der Waals surface area contributed by atoms with Gasteiger partial charge in [0.1, 0.15) is 5.82 Å². The van der Waals surface area contributed by atoms with E-state index in [1.165, 1.54) is 18.2 Å². The Morgan fingerprint density at radius 3 is 2.54 bits per heavy atom. The molecule has 0 radical (unpaired) electrons. The molecule has 5 rings (SSSR count). The zero-order chi connectivity index (χ0) is 24.5. The maximum atomic E-state index is 12.3. The van der Waals surface area contributed by atoms with E-state index in [1.54, 1.807) is 4.90 Å². The molecule has 1 aliphatic heterocycles. The number of carboxylic acid groups (broad SMARTS) is 1. The molecule has 35 heavy (non-hydrogen) atoms. The third-order valence-corrected chi connectivity index (χ3v) is 7.78. The van der Waals surface area contributed by atoms with Crippen molar-refractivity contribution in [2.24, 2.45) is 5.92 Å². The van der Waals surface area contributed by atoms with E-state index < -0.39 is 5.97 Å². The van der Waals surface area contributed by atoms with Gasteiger partial charge in [-0.2, -0.15) is 0 Å². The number of benzene rings is 2. The molecule has 1 saturated carbocycles. The Hall–Kier alpha value is -3.35. The van der Waals surface area contributed by atoms with Crippen molar-refractivity contribution in [3.8, 4) is 0 Å². The molecule has 7 heteroatoms. The molecule has 1 atom stereocenters. The quantitative estimate of drug-likeness (QED) is 0.540. The molecule has 2 aromatic carbocycles. The topological polar surface area (TPSA) is 84.7 Å². The monoisotopic (exact) mass is 475 g/mol. The van der Waals surface area contributed by atoms with E-state index in [9.17, 15) is 14.7 Å². The first kappa shape index (κ1) is 23.4. The molecule has 0 unspecified atom stereocenters. The maximum Gasteiger partial charge on any atom is 0.409 e. The fourth-order valence-corrected chi connectivity index (χ4v) is 5.89. The summed E-state index contributed by atoms with van der Waals surface area (Å²) in [6.45, 7) is 3.37. The van der Waals surface area contributed by atoms with Crippen molar-refractivity contribution in [2.45, 2.75) is 64.0 Å². The second-order valence-electron chi connectivity index (χ2n) is 9.98. The average molecular weight is 476 g/mol. The van der Waals surface area contributed by atoms with Gasteiger partial charge in [-0.05, 0) is 62.6 Å². The van der Waals surface area contributed by atoms with Crippen molar-refractivity contribution in [1.82, 2.24) is 14.5 Å².